The van der Waals surface area contributed by atoms with Crippen LogP contribution in [0.15, 0.2) is 24.3 Å². The highest BCUT2D eigenvalue weighted by molar-refractivity contribution is 5.27. The molecule has 0 aliphatic carbocycles. The third-order valence-electron chi connectivity index (χ3n) is 4.41. The summed E-state index contributed by atoms with van der Waals surface area (Å²) in [6.07, 6.45) is 2.48. The molecule has 2 heterocycles. The van der Waals surface area contributed by atoms with Gasteiger partial charge in [-0.15, -0.1) is 0 Å². The van der Waals surface area contributed by atoms with Crippen LogP contribution in [0.4, 0.5) is 0 Å². The summed E-state index contributed by atoms with van der Waals surface area (Å²) in [5.41, 5.74) is 3.03. The highest BCUT2D eigenvalue weighted by Gasteiger charge is 2.16. The van der Waals surface area contributed by atoms with Crippen molar-refractivity contribution in [3.05, 3.63) is 35.4 Å². The Balaban J connectivity index is 1.56. The molecule has 0 aromatic heterocycles. The van der Waals surface area contributed by atoms with Crippen LogP contribution in [0.1, 0.15) is 23.5 Å². The molecule has 0 amide bonds. The highest BCUT2D eigenvalue weighted by Crippen LogP contribution is 2.23. The van der Waals surface area contributed by atoms with Gasteiger partial charge >= 0.3 is 0 Å². The van der Waals surface area contributed by atoms with E-state index in [2.05, 4.69) is 39.8 Å². The molecule has 2 aliphatic heterocycles. The fraction of sp³-hybridized carbons (Fsp3) is 0.625. The molecule has 2 fully saturated rings. The van der Waals surface area contributed by atoms with E-state index in [4.69, 9.17) is 0 Å². The molecule has 2 N–H and O–H groups in total. The normalized spacial score (nSPS) is 24.7. The zero-order valence-electron chi connectivity index (χ0n) is 11.7. The number of nitrogens with zero attached hydrogens (tertiary/aromatic N) is 1. The number of piperazine rings is 1. The number of benzene rings is 1. The Hall–Kier alpha value is -0.900. The van der Waals surface area contributed by atoms with Gasteiger partial charge < -0.3 is 15.5 Å². The Morgan fingerprint density at radius 1 is 1.11 bits per heavy atom. The minimum atomic E-state index is 0.735. The number of hydrogen-bond donors (Lipinski definition) is 2. The van der Waals surface area contributed by atoms with Crippen LogP contribution in [0.25, 0.3) is 0 Å². The number of hydrogen-bond acceptors (Lipinski definition) is 3. The van der Waals surface area contributed by atoms with E-state index in [9.17, 15) is 0 Å². The molecule has 2 saturated heterocycles. The molecule has 3 rings (SSSR count). The Labute approximate surface area is 116 Å². The van der Waals surface area contributed by atoms with Crippen molar-refractivity contribution in [2.24, 2.45) is 0 Å². The van der Waals surface area contributed by atoms with E-state index in [0.29, 0.717) is 0 Å². The van der Waals surface area contributed by atoms with Crippen LogP contribution in [0.2, 0.25) is 0 Å². The third kappa shape index (κ3) is 3.56. The molecular weight excluding hydrogens is 234 g/mol. The van der Waals surface area contributed by atoms with E-state index >= 15 is 0 Å². The Morgan fingerprint density at radius 2 is 2.00 bits per heavy atom. The summed E-state index contributed by atoms with van der Waals surface area (Å²) >= 11 is 0. The molecular formula is C16H25N3. The zero-order chi connectivity index (χ0) is 12.9. The maximum Gasteiger partial charge on any atom is 0.0108 e. The Kier molecular flexibility index (Phi) is 4.49. The van der Waals surface area contributed by atoms with Gasteiger partial charge in [0.05, 0.1) is 0 Å². The van der Waals surface area contributed by atoms with Crippen LogP contribution in [0, 0.1) is 0 Å². The summed E-state index contributed by atoms with van der Waals surface area (Å²) in [6, 6.07) is 9.25. The van der Waals surface area contributed by atoms with Crippen molar-refractivity contribution in [2.75, 3.05) is 45.8 Å². The topological polar surface area (TPSA) is 27.3 Å². The minimum Gasteiger partial charge on any atom is -0.316 e. The lowest BCUT2D eigenvalue weighted by Crippen LogP contribution is -2.44. The van der Waals surface area contributed by atoms with Gasteiger partial charge in [0, 0.05) is 39.3 Å². The molecule has 19 heavy (non-hydrogen) atoms. The standard InChI is InChI=1S/C16H25N3/c1-2-14(5-9-19-10-7-17-8-11-19)12-15(3-1)16-4-6-18-13-16/h1-3,12,16-18H,4-11,13H2. The van der Waals surface area contributed by atoms with Crippen LogP contribution in [-0.4, -0.2) is 50.7 Å². The largest absolute Gasteiger partial charge is 0.316 e. The predicted molar refractivity (Wildman–Crippen MR) is 79.7 cm³/mol. The molecule has 3 nitrogen and oxygen atoms in total. The van der Waals surface area contributed by atoms with Gasteiger partial charge in [-0.3, -0.25) is 0 Å². The first-order valence-corrected chi connectivity index (χ1v) is 7.64. The van der Waals surface area contributed by atoms with E-state index in [1.165, 1.54) is 50.1 Å². The van der Waals surface area contributed by atoms with Crippen molar-refractivity contribution in [3.8, 4) is 0 Å². The van der Waals surface area contributed by atoms with E-state index in [1.807, 2.05) is 0 Å². The molecule has 0 bridgehead atoms. The first-order valence-electron chi connectivity index (χ1n) is 7.64. The summed E-state index contributed by atoms with van der Waals surface area (Å²) in [5.74, 6) is 0.735. The van der Waals surface area contributed by atoms with Gasteiger partial charge in [-0.2, -0.15) is 0 Å². The molecule has 104 valence electrons. The van der Waals surface area contributed by atoms with E-state index in [1.54, 1.807) is 0 Å². The molecule has 3 heteroatoms. The first kappa shape index (κ1) is 13.1. The molecule has 1 atom stereocenters. The van der Waals surface area contributed by atoms with Crippen LogP contribution >= 0.6 is 0 Å². The molecule has 0 spiro atoms. The predicted octanol–water partition coefficient (Wildman–Crippen LogP) is 1.21. The molecule has 2 aliphatic rings. The maximum atomic E-state index is 3.46. The zero-order valence-corrected chi connectivity index (χ0v) is 11.7. The summed E-state index contributed by atoms with van der Waals surface area (Å²) in [7, 11) is 0. The second-order valence-electron chi connectivity index (χ2n) is 5.78. The highest BCUT2D eigenvalue weighted by atomic mass is 15.2. The first-order chi connectivity index (χ1) is 9.42. The number of nitrogens with one attached hydrogen (secondary N) is 2. The van der Waals surface area contributed by atoms with Crippen LogP contribution < -0.4 is 10.6 Å². The fourth-order valence-corrected chi connectivity index (χ4v) is 3.16. The van der Waals surface area contributed by atoms with Crippen LogP contribution in [0.3, 0.4) is 0 Å². The van der Waals surface area contributed by atoms with Crippen molar-refractivity contribution >= 4 is 0 Å². The monoisotopic (exact) mass is 259 g/mol. The average Bonchev–Trinajstić information content (AvgIpc) is 3.01. The van der Waals surface area contributed by atoms with Gasteiger partial charge in [0.2, 0.25) is 0 Å². The summed E-state index contributed by atoms with van der Waals surface area (Å²) in [4.78, 5) is 2.57. The second kappa shape index (κ2) is 6.51. The van der Waals surface area contributed by atoms with E-state index in [0.717, 1.165) is 25.6 Å². The van der Waals surface area contributed by atoms with Crippen molar-refractivity contribution in [1.82, 2.24) is 15.5 Å². The van der Waals surface area contributed by atoms with E-state index < -0.39 is 0 Å². The van der Waals surface area contributed by atoms with Gasteiger partial charge in [0.25, 0.3) is 0 Å². The SMILES string of the molecule is c1cc(CCN2CCNCC2)cc(C2CCNC2)c1. The van der Waals surface area contributed by atoms with Gasteiger partial charge in [-0.1, -0.05) is 24.3 Å². The van der Waals surface area contributed by atoms with Gasteiger partial charge in [0.1, 0.15) is 0 Å². The lowest BCUT2D eigenvalue weighted by atomic mass is 9.96. The average molecular weight is 259 g/mol. The minimum absolute atomic E-state index is 0.735. The van der Waals surface area contributed by atoms with E-state index in [-0.39, 0.29) is 0 Å². The molecule has 0 radical (unpaired) electrons. The third-order valence-corrected chi connectivity index (χ3v) is 4.41. The summed E-state index contributed by atoms with van der Waals surface area (Å²) in [6.45, 7) is 8.23. The van der Waals surface area contributed by atoms with Crippen molar-refractivity contribution in [3.63, 3.8) is 0 Å². The second-order valence-corrected chi connectivity index (χ2v) is 5.78. The smallest absolute Gasteiger partial charge is 0.0108 e. The Morgan fingerprint density at radius 3 is 2.79 bits per heavy atom. The molecule has 1 aromatic rings. The molecule has 1 unspecified atom stereocenters. The molecule has 0 saturated carbocycles. The van der Waals surface area contributed by atoms with Crippen molar-refractivity contribution < 1.29 is 0 Å². The van der Waals surface area contributed by atoms with Gasteiger partial charge in [0.15, 0.2) is 0 Å². The molecule has 1 aromatic carbocycles. The van der Waals surface area contributed by atoms with Crippen LogP contribution in [-0.2, 0) is 6.42 Å². The quantitative estimate of drug-likeness (QED) is 0.851. The van der Waals surface area contributed by atoms with Crippen LogP contribution in [0.5, 0.6) is 0 Å². The summed E-state index contributed by atoms with van der Waals surface area (Å²) in [5, 5.41) is 6.87. The van der Waals surface area contributed by atoms with Crippen molar-refractivity contribution in [2.45, 2.75) is 18.8 Å². The lowest BCUT2D eigenvalue weighted by Gasteiger charge is -2.27. The van der Waals surface area contributed by atoms with Gasteiger partial charge in [-0.25, -0.2) is 0 Å². The maximum absolute atomic E-state index is 3.46. The van der Waals surface area contributed by atoms with Gasteiger partial charge in [-0.05, 0) is 36.4 Å². The summed E-state index contributed by atoms with van der Waals surface area (Å²) < 4.78 is 0. The lowest BCUT2D eigenvalue weighted by molar-refractivity contribution is 0.244. The van der Waals surface area contributed by atoms with Crippen molar-refractivity contribution in [1.29, 1.82) is 0 Å². The number of rotatable bonds is 4. The fourth-order valence-electron chi connectivity index (χ4n) is 3.16. The Bertz CT molecular complexity index is 393.